The van der Waals surface area contributed by atoms with Crippen molar-refractivity contribution < 1.29 is 23.9 Å². The van der Waals surface area contributed by atoms with E-state index < -0.39 is 37.3 Å². The van der Waals surface area contributed by atoms with Gasteiger partial charge in [0, 0.05) is 0 Å². The smallest absolute Gasteiger partial charge is 0.343 e. The van der Waals surface area contributed by atoms with Crippen molar-refractivity contribution in [2.24, 2.45) is 5.73 Å². The maximum atomic E-state index is 11.4. The predicted octanol–water partition coefficient (Wildman–Crippen LogP) is -1.52. The highest BCUT2D eigenvalue weighted by molar-refractivity contribution is 7.52. The lowest BCUT2D eigenvalue weighted by molar-refractivity contribution is -0.129. The van der Waals surface area contributed by atoms with Crippen molar-refractivity contribution in [2.75, 3.05) is 0 Å². The molecule has 0 aromatic carbocycles. The number of rotatable bonds is 5. The highest BCUT2D eigenvalue weighted by Gasteiger charge is 2.27. The minimum Gasteiger partial charge on any atom is -0.343 e. The van der Waals surface area contributed by atoms with Crippen molar-refractivity contribution in [1.82, 2.24) is 10.6 Å². The van der Waals surface area contributed by atoms with E-state index in [0.29, 0.717) is 0 Å². The predicted molar refractivity (Wildman–Crippen MR) is 60.9 cm³/mol. The Labute approximate surface area is 99.1 Å². The largest absolute Gasteiger partial charge is 0.347 e. The molecule has 0 aliphatic rings. The molecule has 0 saturated heterocycles. The van der Waals surface area contributed by atoms with Gasteiger partial charge in [-0.2, -0.15) is 0 Å². The third-order valence-corrected chi connectivity index (χ3v) is 3.16. The zero-order valence-corrected chi connectivity index (χ0v) is 10.8. The van der Waals surface area contributed by atoms with Crippen molar-refractivity contribution in [3.8, 4) is 0 Å². The lowest BCUT2D eigenvalue weighted by atomic mass is 10.2. The molecule has 100 valence electrons. The topological polar surface area (TPSA) is 142 Å². The molecule has 0 aromatic heterocycles. The molecule has 0 fully saturated rings. The van der Waals surface area contributed by atoms with Gasteiger partial charge in [0.2, 0.25) is 11.8 Å². The van der Waals surface area contributed by atoms with Crippen LogP contribution in [-0.4, -0.2) is 39.5 Å². The second kappa shape index (κ2) is 6.11. The van der Waals surface area contributed by atoms with Gasteiger partial charge in [-0.1, -0.05) is 0 Å². The molecule has 0 unspecified atom stereocenters. The Hall–Kier alpha value is -0.950. The summed E-state index contributed by atoms with van der Waals surface area (Å²) >= 11 is 0. The van der Waals surface area contributed by atoms with Gasteiger partial charge in [-0.25, -0.2) is 0 Å². The van der Waals surface area contributed by atoms with Crippen molar-refractivity contribution in [2.45, 2.75) is 38.6 Å². The lowest BCUT2D eigenvalue weighted by Crippen LogP contribution is -2.50. The Bertz CT molecular complexity index is 340. The molecule has 0 aliphatic carbocycles. The van der Waals surface area contributed by atoms with Crippen LogP contribution >= 0.6 is 7.60 Å². The maximum Gasteiger partial charge on any atom is 0.347 e. The van der Waals surface area contributed by atoms with Gasteiger partial charge < -0.3 is 26.2 Å². The number of hydrogen-bond acceptors (Lipinski definition) is 4. The molecule has 0 rings (SSSR count). The molecular formula is C8H18N3O5P. The molecule has 0 bridgehead atoms. The lowest BCUT2D eigenvalue weighted by Gasteiger charge is -2.19. The normalized spacial score (nSPS) is 16.8. The van der Waals surface area contributed by atoms with Crippen LogP contribution in [0.2, 0.25) is 0 Å². The highest BCUT2D eigenvalue weighted by atomic mass is 31.2. The van der Waals surface area contributed by atoms with E-state index in [1.54, 1.807) is 0 Å². The molecule has 6 N–H and O–H groups in total. The molecule has 2 amide bonds. The first-order valence-corrected chi connectivity index (χ1v) is 6.65. The average molecular weight is 267 g/mol. The number of carbonyl (C=O) groups is 2. The quantitative estimate of drug-likeness (QED) is 0.383. The molecule has 0 spiro atoms. The maximum absolute atomic E-state index is 11.4. The number of nitrogens with one attached hydrogen (secondary N) is 2. The van der Waals surface area contributed by atoms with E-state index in [1.807, 2.05) is 0 Å². The molecule has 0 heterocycles. The van der Waals surface area contributed by atoms with Gasteiger partial charge in [-0.3, -0.25) is 14.2 Å². The summed E-state index contributed by atoms with van der Waals surface area (Å²) in [7, 11) is -4.37. The van der Waals surface area contributed by atoms with Gasteiger partial charge in [-0.05, 0) is 20.8 Å². The Kier molecular flexibility index (Phi) is 5.77. The second-order valence-corrected chi connectivity index (χ2v) is 5.75. The SMILES string of the molecule is C[C@H](N)C(=O)N[C@@H](C)C(=O)N[C@@H](C)P(=O)(O)O. The molecule has 0 aliphatic heterocycles. The van der Waals surface area contributed by atoms with Crippen molar-refractivity contribution in [3.05, 3.63) is 0 Å². The van der Waals surface area contributed by atoms with Crippen LogP contribution in [0.5, 0.6) is 0 Å². The zero-order chi connectivity index (χ0) is 13.8. The number of amides is 2. The van der Waals surface area contributed by atoms with E-state index >= 15 is 0 Å². The molecule has 0 saturated carbocycles. The van der Waals surface area contributed by atoms with Crippen LogP contribution in [-0.2, 0) is 14.2 Å². The average Bonchev–Trinajstić information content (AvgIpc) is 2.15. The zero-order valence-electron chi connectivity index (χ0n) is 9.88. The van der Waals surface area contributed by atoms with Crippen LogP contribution in [0.15, 0.2) is 0 Å². The Balaban J connectivity index is 4.34. The van der Waals surface area contributed by atoms with Gasteiger partial charge in [0.25, 0.3) is 0 Å². The van der Waals surface area contributed by atoms with Crippen molar-refractivity contribution >= 4 is 19.4 Å². The number of nitrogens with two attached hydrogens (primary N) is 1. The molecule has 8 nitrogen and oxygen atoms in total. The monoisotopic (exact) mass is 267 g/mol. The van der Waals surface area contributed by atoms with Gasteiger partial charge in [0.05, 0.1) is 6.04 Å². The first kappa shape index (κ1) is 16.1. The van der Waals surface area contributed by atoms with E-state index in [2.05, 4.69) is 10.6 Å². The number of hydrogen-bond donors (Lipinski definition) is 5. The Morgan fingerprint density at radius 3 is 1.94 bits per heavy atom. The third kappa shape index (κ3) is 5.78. The Morgan fingerprint density at radius 1 is 1.12 bits per heavy atom. The molecule has 9 heteroatoms. The van der Waals surface area contributed by atoms with Crippen LogP contribution in [0.4, 0.5) is 0 Å². The molecule has 17 heavy (non-hydrogen) atoms. The summed E-state index contributed by atoms with van der Waals surface area (Å²) in [5.41, 5.74) is 5.29. The summed E-state index contributed by atoms with van der Waals surface area (Å²) < 4.78 is 10.8. The van der Waals surface area contributed by atoms with E-state index in [4.69, 9.17) is 15.5 Å². The van der Waals surface area contributed by atoms with Crippen LogP contribution in [0.1, 0.15) is 20.8 Å². The van der Waals surface area contributed by atoms with Crippen LogP contribution in [0, 0.1) is 0 Å². The number of carbonyl (C=O) groups excluding carboxylic acids is 2. The molecule has 0 radical (unpaired) electrons. The summed E-state index contributed by atoms with van der Waals surface area (Å²) in [5.74, 6) is -2.50. The van der Waals surface area contributed by atoms with E-state index in [-0.39, 0.29) is 0 Å². The molecular weight excluding hydrogens is 249 g/mol. The highest BCUT2D eigenvalue weighted by Crippen LogP contribution is 2.38. The fourth-order valence-corrected chi connectivity index (χ4v) is 1.12. The fraction of sp³-hybridized carbons (Fsp3) is 0.750. The van der Waals surface area contributed by atoms with Gasteiger partial charge >= 0.3 is 7.60 Å². The Morgan fingerprint density at radius 2 is 1.59 bits per heavy atom. The third-order valence-electron chi connectivity index (χ3n) is 2.02. The summed E-state index contributed by atoms with van der Waals surface area (Å²) in [6.07, 6.45) is 0. The fourth-order valence-electron chi connectivity index (χ4n) is 0.825. The van der Waals surface area contributed by atoms with E-state index in [0.717, 1.165) is 0 Å². The van der Waals surface area contributed by atoms with Gasteiger partial charge in [-0.15, -0.1) is 0 Å². The first-order chi connectivity index (χ1) is 7.55. The van der Waals surface area contributed by atoms with Crippen molar-refractivity contribution in [1.29, 1.82) is 0 Å². The summed E-state index contributed by atoms with van der Waals surface area (Å²) in [6.45, 7) is 4.03. The van der Waals surface area contributed by atoms with Crippen LogP contribution in [0.25, 0.3) is 0 Å². The van der Waals surface area contributed by atoms with Gasteiger partial charge in [0.15, 0.2) is 0 Å². The van der Waals surface area contributed by atoms with Crippen LogP contribution < -0.4 is 16.4 Å². The first-order valence-electron chi connectivity index (χ1n) is 4.97. The summed E-state index contributed by atoms with van der Waals surface area (Å²) in [4.78, 5) is 40.2. The standard InChI is InChI=1S/C8H18N3O5P/c1-4(9)7(12)10-5(2)8(13)11-6(3)17(14,15)16/h4-6H,9H2,1-3H3,(H,10,12)(H,11,13)(H2,14,15,16)/t4-,5-,6+/m0/s1. The molecule has 3 atom stereocenters. The second-order valence-electron chi connectivity index (χ2n) is 3.79. The van der Waals surface area contributed by atoms with E-state index in [1.165, 1.54) is 20.8 Å². The summed E-state index contributed by atoms with van der Waals surface area (Å²) in [5, 5.41) is 4.41. The minimum absolute atomic E-state index is 0.517. The van der Waals surface area contributed by atoms with Gasteiger partial charge in [0.1, 0.15) is 11.8 Å². The summed E-state index contributed by atoms with van der Waals surface area (Å²) in [6, 6.07) is -1.67. The van der Waals surface area contributed by atoms with Crippen LogP contribution in [0.3, 0.4) is 0 Å². The molecule has 0 aromatic rings. The van der Waals surface area contributed by atoms with Crippen molar-refractivity contribution in [3.63, 3.8) is 0 Å². The van der Waals surface area contributed by atoms with E-state index in [9.17, 15) is 14.2 Å². The minimum atomic E-state index is -4.37.